The minimum absolute atomic E-state index is 0.0227. The highest BCUT2D eigenvalue weighted by atomic mass is 35.5. The Morgan fingerprint density at radius 1 is 1.07 bits per heavy atom. The Morgan fingerprint density at radius 3 is 2.46 bits per heavy atom. The summed E-state index contributed by atoms with van der Waals surface area (Å²) in [5.41, 5.74) is 3.42. The first-order valence-corrected chi connectivity index (χ1v) is 18.4. The van der Waals surface area contributed by atoms with Gasteiger partial charge in [0, 0.05) is 56.4 Å². The zero-order valence-electron chi connectivity index (χ0n) is 25.1. The van der Waals surface area contributed by atoms with Crippen molar-refractivity contribution < 1.29 is 8.95 Å². The fraction of sp³-hybridized carbons (Fsp3) is 0.303. The summed E-state index contributed by atoms with van der Waals surface area (Å²) >= 11 is 14.9. The summed E-state index contributed by atoms with van der Waals surface area (Å²) in [6, 6.07) is 12.6. The fourth-order valence-corrected chi connectivity index (χ4v) is 9.56. The Morgan fingerprint density at radius 2 is 1.80 bits per heavy atom. The zero-order chi connectivity index (χ0) is 32.0. The number of hydrogen-bond acceptors (Lipinski definition) is 9. The minimum Gasteiger partial charge on any atom is -0.489 e. The summed E-state index contributed by atoms with van der Waals surface area (Å²) in [6.45, 7) is 1.96. The Balaban J connectivity index is 1.24. The maximum atomic E-state index is 14.3. The van der Waals surface area contributed by atoms with Gasteiger partial charge in [0.25, 0.3) is 5.56 Å². The molecule has 1 saturated carbocycles. The Hall–Kier alpha value is -3.48. The van der Waals surface area contributed by atoms with Gasteiger partial charge in [-0.2, -0.15) is 4.98 Å². The highest BCUT2D eigenvalue weighted by molar-refractivity contribution is 8.02. The summed E-state index contributed by atoms with van der Waals surface area (Å²) < 4.78 is 22.0. The molecule has 1 aliphatic carbocycles. The molecule has 7 rings (SSSR count). The Bertz CT molecular complexity index is 2060. The Kier molecular flexibility index (Phi) is 8.54. The van der Waals surface area contributed by atoms with E-state index in [2.05, 4.69) is 33.1 Å². The second-order valence-corrected chi connectivity index (χ2v) is 16.1. The molecule has 2 unspecified atom stereocenters. The van der Waals surface area contributed by atoms with Crippen LogP contribution in [0, 0.1) is 0 Å². The van der Waals surface area contributed by atoms with Gasteiger partial charge in [-0.1, -0.05) is 36.0 Å². The van der Waals surface area contributed by atoms with Gasteiger partial charge >= 0.3 is 0 Å². The minimum atomic E-state index is -2.88. The lowest BCUT2D eigenvalue weighted by Crippen LogP contribution is -2.26. The van der Waals surface area contributed by atoms with Crippen molar-refractivity contribution in [3.05, 3.63) is 80.8 Å². The van der Waals surface area contributed by atoms with E-state index in [-0.39, 0.29) is 27.8 Å². The van der Waals surface area contributed by atoms with Gasteiger partial charge in [-0.05, 0) is 74.6 Å². The van der Waals surface area contributed by atoms with Crippen molar-refractivity contribution in [2.24, 2.45) is 0 Å². The molecule has 0 amide bonds. The topological polar surface area (TPSA) is 102 Å². The molecule has 2 aromatic carbocycles. The molecule has 0 bridgehead atoms. The predicted octanol–water partition coefficient (Wildman–Crippen LogP) is 7.30. The van der Waals surface area contributed by atoms with Crippen molar-refractivity contribution in [1.29, 1.82) is 0 Å². The number of nitrogens with zero attached hydrogens (tertiary/aromatic N) is 5. The van der Waals surface area contributed by atoms with Gasteiger partial charge in [-0.15, -0.1) is 11.3 Å². The van der Waals surface area contributed by atoms with Crippen LogP contribution in [0.5, 0.6) is 5.75 Å². The SMILES string of the molecule is C=S(=O)(c1cc(Cl)c(-c2cc3cnc(Nc4ccc(OC5CCN(C)C5)cc4)nc3n(C3CCCC3)c2=O)c(Cl)c1)c1cncs1. The molecule has 1 saturated heterocycles. The second-order valence-electron chi connectivity index (χ2n) is 11.8. The average molecular weight is 696 g/mol. The number of benzene rings is 2. The number of rotatable bonds is 8. The van der Waals surface area contributed by atoms with Gasteiger partial charge in [0.1, 0.15) is 21.7 Å². The highest BCUT2D eigenvalue weighted by Gasteiger charge is 2.26. The first-order chi connectivity index (χ1) is 22.2. The van der Waals surface area contributed by atoms with Crippen LogP contribution >= 0.6 is 34.5 Å². The van der Waals surface area contributed by atoms with Crippen molar-refractivity contribution in [3.63, 3.8) is 0 Å². The van der Waals surface area contributed by atoms with Crippen molar-refractivity contribution >= 4 is 72.6 Å². The van der Waals surface area contributed by atoms with Gasteiger partial charge in [-0.25, -0.2) is 4.98 Å². The van der Waals surface area contributed by atoms with Gasteiger partial charge in [-0.3, -0.25) is 18.6 Å². The van der Waals surface area contributed by atoms with E-state index in [1.807, 2.05) is 24.3 Å². The molecule has 0 spiro atoms. The number of pyridine rings is 1. The van der Waals surface area contributed by atoms with Crippen LogP contribution < -0.4 is 15.6 Å². The maximum Gasteiger partial charge on any atom is 0.260 e. The molecule has 3 aromatic heterocycles. The van der Waals surface area contributed by atoms with E-state index < -0.39 is 9.52 Å². The van der Waals surface area contributed by atoms with E-state index >= 15 is 0 Å². The smallest absolute Gasteiger partial charge is 0.260 e. The maximum absolute atomic E-state index is 14.3. The Labute approximate surface area is 281 Å². The van der Waals surface area contributed by atoms with Crippen LogP contribution in [0.1, 0.15) is 38.1 Å². The van der Waals surface area contributed by atoms with Gasteiger partial charge < -0.3 is 15.0 Å². The van der Waals surface area contributed by atoms with E-state index in [0.29, 0.717) is 37.2 Å². The van der Waals surface area contributed by atoms with Crippen LogP contribution in [-0.4, -0.2) is 60.7 Å². The third-order valence-electron chi connectivity index (χ3n) is 8.62. The lowest BCUT2D eigenvalue weighted by atomic mass is 10.0. The van der Waals surface area contributed by atoms with Crippen molar-refractivity contribution in [3.8, 4) is 16.9 Å². The highest BCUT2D eigenvalue weighted by Crippen LogP contribution is 2.39. The van der Waals surface area contributed by atoms with Gasteiger partial charge in [0.2, 0.25) is 5.95 Å². The molecule has 9 nitrogen and oxygen atoms in total. The number of anilines is 2. The summed E-state index contributed by atoms with van der Waals surface area (Å²) in [6.07, 6.45) is 8.22. The monoisotopic (exact) mass is 694 g/mol. The van der Waals surface area contributed by atoms with Crippen LogP contribution in [0.3, 0.4) is 0 Å². The first-order valence-electron chi connectivity index (χ1n) is 15.1. The number of thiazole rings is 1. The fourth-order valence-electron chi connectivity index (χ4n) is 6.27. The number of likely N-dealkylation sites (tertiary alicyclic amines) is 1. The molecule has 2 atom stereocenters. The van der Waals surface area contributed by atoms with Crippen LogP contribution in [0.4, 0.5) is 11.6 Å². The molecule has 0 radical (unpaired) electrons. The van der Waals surface area contributed by atoms with E-state index in [1.54, 1.807) is 34.5 Å². The van der Waals surface area contributed by atoms with Crippen LogP contribution in [-0.2, 0) is 9.52 Å². The average Bonchev–Trinajstić information content (AvgIpc) is 3.83. The molecule has 4 heterocycles. The molecule has 46 heavy (non-hydrogen) atoms. The number of aromatic nitrogens is 4. The van der Waals surface area contributed by atoms with E-state index in [0.717, 1.165) is 56.6 Å². The summed E-state index contributed by atoms with van der Waals surface area (Å²) in [5.74, 6) is 5.14. The van der Waals surface area contributed by atoms with Crippen LogP contribution in [0.25, 0.3) is 22.2 Å². The zero-order valence-corrected chi connectivity index (χ0v) is 28.3. The van der Waals surface area contributed by atoms with Gasteiger partial charge in [0.15, 0.2) is 0 Å². The van der Waals surface area contributed by atoms with Gasteiger partial charge in [0.05, 0.1) is 27.3 Å². The molecule has 2 fully saturated rings. The molecule has 2 aliphatic rings. The predicted molar refractivity (Wildman–Crippen MR) is 187 cm³/mol. The van der Waals surface area contributed by atoms with Crippen LogP contribution in [0.15, 0.2) is 74.3 Å². The standard InChI is InChI=1S/C33H32Cl2N6O3S2/c1-40-12-11-24(18-40)44-23-9-7-21(8-10-23)38-33-37-16-20-13-26(32(42)41(31(20)39-33)22-5-3-4-6-22)30-27(34)14-25(15-28(30)35)46(2,43)29-17-36-19-45-29/h7-10,13-17,19,22,24H,2-6,11-12,18H2,1H3,(H,37,38,39). The van der Waals surface area contributed by atoms with E-state index in [4.69, 9.17) is 32.9 Å². The number of fused-ring (bicyclic) bond motifs is 1. The summed E-state index contributed by atoms with van der Waals surface area (Å²) in [4.78, 5) is 30.4. The largest absolute Gasteiger partial charge is 0.489 e. The van der Waals surface area contributed by atoms with Crippen molar-refractivity contribution in [2.45, 2.75) is 53.4 Å². The number of likely N-dealkylation sites (N-methyl/N-ethyl adjacent to an activating group) is 1. The molecule has 238 valence electrons. The quantitative estimate of drug-likeness (QED) is 0.169. The molecule has 13 heteroatoms. The number of hydrogen-bond donors (Lipinski definition) is 1. The number of halogens is 2. The lowest BCUT2D eigenvalue weighted by Gasteiger charge is -2.19. The third-order valence-corrected chi connectivity index (χ3v) is 12.6. The van der Waals surface area contributed by atoms with Crippen molar-refractivity contribution in [2.75, 3.05) is 25.5 Å². The van der Waals surface area contributed by atoms with E-state index in [9.17, 15) is 9.00 Å². The number of ether oxygens (including phenoxy) is 1. The van der Waals surface area contributed by atoms with Crippen LogP contribution in [0.2, 0.25) is 10.0 Å². The molecular formula is C33H32Cl2N6O3S2. The molecule has 1 aliphatic heterocycles. The summed E-state index contributed by atoms with van der Waals surface area (Å²) in [7, 11) is -0.778. The number of nitrogens with one attached hydrogen (secondary N) is 1. The third kappa shape index (κ3) is 6.02. The summed E-state index contributed by atoms with van der Waals surface area (Å²) in [5, 5.41) is 4.38. The molecule has 5 aromatic rings. The van der Waals surface area contributed by atoms with E-state index in [1.165, 1.54) is 17.5 Å². The first kappa shape index (κ1) is 31.1. The molecule has 1 N–H and O–H groups in total. The molecular weight excluding hydrogens is 663 g/mol. The second kappa shape index (κ2) is 12.6. The normalized spacial score (nSPS) is 18.6. The lowest BCUT2D eigenvalue weighted by molar-refractivity contribution is 0.208. The van der Waals surface area contributed by atoms with Crippen molar-refractivity contribution in [1.82, 2.24) is 24.4 Å².